The van der Waals surface area contributed by atoms with Gasteiger partial charge in [-0.3, -0.25) is 4.79 Å². The molecule has 0 radical (unpaired) electrons. The number of aliphatic hydroxyl groups excluding tert-OH is 1. The van der Waals surface area contributed by atoms with Gasteiger partial charge in [-0.25, -0.2) is 0 Å². The van der Waals surface area contributed by atoms with Gasteiger partial charge >= 0.3 is 0 Å². The molecule has 2 N–H and O–H groups in total. The van der Waals surface area contributed by atoms with Gasteiger partial charge in [-0.05, 0) is 30.7 Å². The van der Waals surface area contributed by atoms with Crippen LogP contribution in [0.3, 0.4) is 0 Å². The third-order valence-electron chi connectivity index (χ3n) is 3.13. The molecule has 2 rings (SSSR count). The lowest BCUT2D eigenvalue weighted by atomic mass is 10.0. The van der Waals surface area contributed by atoms with Crippen LogP contribution < -0.4 is 5.32 Å². The number of amides is 1. The van der Waals surface area contributed by atoms with E-state index in [9.17, 15) is 4.79 Å². The van der Waals surface area contributed by atoms with Crippen molar-refractivity contribution < 1.29 is 9.90 Å². The molecule has 0 heterocycles. The molecule has 3 nitrogen and oxygen atoms in total. The average Bonchev–Trinajstić information content (AvgIpc) is 2.53. The summed E-state index contributed by atoms with van der Waals surface area (Å²) in [5.74, 6) is 5.12. The van der Waals surface area contributed by atoms with Crippen LogP contribution in [0.25, 0.3) is 0 Å². The van der Waals surface area contributed by atoms with Crippen LogP contribution in [-0.4, -0.2) is 17.6 Å². The van der Waals surface area contributed by atoms with Crippen LogP contribution in [0, 0.1) is 11.8 Å². The van der Waals surface area contributed by atoms with E-state index in [1.807, 2.05) is 55.5 Å². The van der Waals surface area contributed by atoms with Crippen LogP contribution in [0.1, 0.15) is 24.0 Å². The fourth-order valence-corrected chi connectivity index (χ4v) is 1.96. The van der Waals surface area contributed by atoms with Crippen LogP contribution in [0.2, 0.25) is 0 Å². The van der Waals surface area contributed by atoms with Crippen LogP contribution in [-0.2, 0) is 4.79 Å². The highest BCUT2D eigenvalue weighted by Gasteiger charge is 2.14. The molecule has 3 heteroatoms. The van der Waals surface area contributed by atoms with Crippen molar-refractivity contribution in [2.45, 2.75) is 12.8 Å². The zero-order valence-electron chi connectivity index (χ0n) is 11.8. The predicted octanol–water partition coefficient (Wildman–Crippen LogP) is 2.77. The van der Waals surface area contributed by atoms with Gasteiger partial charge in [-0.1, -0.05) is 48.2 Å². The van der Waals surface area contributed by atoms with Gasteiger partial charge in [0.2, 0.25) is 5.91 Å². The molecule has 0 saturated carbocycles. The van der Waals surface area contributed by atoms with Crippen molar-refractivity contribution in [3.63, 3.8) is 0 Å². The van der Waals surface area contributed by atoms with E-state index in [1.165, 1.54) is 0 Å². The number of hydrogen-bond acceptors (Lipinski definition) is 2. The number of carbonyl (C=O) groups is 1. The van der Waals surface area contributed by atoms with Gasteiger partial charge in [0.25, 0.3) is 0 Å². The van der Waals surface area contributed by atoms with E-state index in [1.54, 1.807) is 6.07 Å². The third kappa shape index (κ3) is 4.20. The summed E-state index contributed by atoms with van der Waals surface area (Å²) >= 11 is 0. The van der Waals surface area contributed by atoms with E-state index in [-0.39, 0.29) is 18.4 Å². The molecule has 0 fully saturated rings. The second kappa shape index (κ2) is 7.28. The molecule has 106 valence electrons. The Labute approximate surface area is 124 Å². The Bertz CT molecular complexity index is 668. The molecule has 0 aliphatic rings. The van der Waals surface area contributed by atoms with Crippen molar-refractivity contribution in [3.8, 4) is 11.8 Å². The fourth-order valence-electron chi connectivity index (χ4n) is 1.96. The van der Waals surface area contributed by atoms with Crippen LogP contribution >= 0.6 is 0 Å². The summed E-state index contributed by atoms with van der Waals surface area (Å²) in [6.07, 6.45) is 0. The number of hydrogen-bond donors (Lipinski definition) is 2. The second-order valence-electron chi connectivity index (χ2n) is 4.66. The Hall–Kier alpha value is -2.57. The number of carbonyl (C=O) groups excluding carboxylic acids is 1. The molecular weight excluding hydrogens is 262 g/mol. The molecule has 1 unspecified atom stereocenters. The highest BCUT2D eigenvalue weighted by molar-refractivity contribution is 5.95. The van der Waals surface area contributed by atoms with Gasteiger partial charge < -0.3 is 10.4 Å². The molecule has 0 aliphatic heterocycles. The van der Waals surface area contributed by atoms with Crippen LogP contribution in [0.5, 0.6) is 0 Å². The Balaban J connectivity index is 2.09. The minimum absolute atomic E-state index is 0.0616. The molecule has 2 aromatic carbocycles. The highest BCUT2D eigenvalue weighted by Crippen LogP contribution is 2.18. The number of benzene rings is 2. The van der Waals surface area contributed by atoms with Gasteiger partial charge in [0, 0.05) is 11.3 Å². The van der Waals surface area contributed by atoms with Gasteiger partial charge in [0.1, 0.15) is 6.61 Å². The summed E-state index contributed by atoms with van der Waals surface area (Å²) in [5.41, 5.74) is 2.44. The predicted molar refractivity (Wildman–Crippen MR) is 83.9 cm³/mol. The first-order valence-corrected chi connectivity index (χ1v) is 6.76. The first-order chi connectivity index (χ1) is 10.2. The van der Waals surface area contributed by atoms with Crippen LogP contribution in [0.15, 0.2) is 54.6 Å². The molecular formula is C18H17NO2. The maximum Gasteiger partial charge on any atom is 0.231 e. The molecule has 0 aromatic heterocycles. The van der Waals surface area contributed by atoms with Crippen molar-refractivity contribution in [1.82, 2.24) is 0 Å². The summed E-state index contributed by atoms with van der Waals surface area (Å²) < 4.78 is 0. The molecule has 21 heavy (non-hydrogen) atoms. The summed E-state index contributed by atoms with van der Waals surface area (Å²) in [5, 5.41) is 11.6. The number of nitrogens with one attached hydrogen (secondary N) is 1. The van der Waals surface area contributed by atoms with Crippen molar-refractivity contribution in [3.05, 3.63) is 65.7 Å². The normalized spacial score (nSPS) is 11.1. The number of rotatable bonds is 3. The lowest BCUT2D eigenvalue weighted by Gasteiger charge is -2.12. The second-order valence-corrected chi connectivity index (χ2v) is 4.66. The Kier molecular flexibility index (Phi) is 5.14. The molecule has 0 saturated heterocycles. The zero-order chi connectivity index (χ0) is 15.1. The summed E-state index contributed by atoms with van der Waals surface area (Å²) in [6.45, 7) is 1.70. The van der Waals surface area contributed by atoms with Gasteiger partial charge in [0.15, 0.2) is 0 Å². The van der Waals surface area contributed by atoms with Crippen molar-refractivity contribution in [2.75, 3.05) is 11.9 Å². The van der Waals surface area contributed by atoms with Crippen LogP contribution in [0.4, 0.5) is 5.69 Å². The van der Waals surface area contributed by atoms with E-state index < -0.39 is 0 Å². The fraction of sp³-hybridized carbons (Fsp3) is 0.167. The average molecular weight is 279 g/mol. The van der Waals surface area contributed by atoms with E-state index in [0.717, 1.165) is 11.1 Å². The Morgan fingerprint density at radius 2 is 1.95 bits per heavy atom. The molecule has 0 bridgehead atoms. The standard InChI is InChI=1S/C18H17NO2/c1-14(16-9-3-2-4-10-16)18(21)19-17-11-5-7-15(13-17)8-6-12-20/h2-5,7,9-11,13-14,20H,12H2,1H3,(H,19,21). The lowest BCUT2D eigenvalue weighted by molar-refractivity contribution is -0.117. The first-order valence-electron chi connectivity index (χ1n) is 6.76. The highest BCUT2D eigenvalue weighted by atomic mass is 16.2. The summed E-state index contributed by atoms with van der Waals surface area (Å²) in [7, 11) is 0. The number of aliphatic hydroxyl groups is 1. The van der Waals surface area contributed by atoms with Crippen molar-refractivity contribution in [2.24, 2.45) is 0 Å². The van der Waals surface area contributed by atoms with Gasteiger partial charge in [-0.2, -0.15) is 0 Å². The van der Waals surface area contributed by atoms with E-state index in [0.29, 0.717) is 5.69 Å². The zero-order valence-corrected chi connectivity index (χ0v) is 11.8. The number of anilines is 1. The monoisotopic (exact) mass is 279 g/mol. The molecule has 0 spiro atoms. The largest absolute Gasteiger partial charge is 0.384 e. The van der Waals surface area contributed by atoms with E-state index in [4.69, 9.17) is 5.11 Å². The van der Waals surface area contributed by atoms with Gasteiger partial charge in [-0.15, -0.1) is 0 Å². The van der Waals surface area contributed by atoms with Gasteiger partial charge in [0.05, 0.1) is 5.92 Å². The van der Waals surface area contributed by atoms with Crippen molar-refractivity contribution >= 4 is 11.6 Å². The van der Waals surface area contributed by atoms with E-state index in [2.05, 4.69) is 17.2 Å². The lowest BCUT2D eigenvalue weighted by Crippen LogP contribution is -2.18. The summed E-state index contributed by atoms with van der Waals surface area (Å²) in [4.78, 5) is 12.3. The smallest absolute Gasteiger partial charge is 0.231 e. The minimum Gasteiger partial charge on any atom is -0.384 e. The maximum atomic E-state index is 12.3. The molecule has 1 amide bonds. The van der Waals surface area contributed by atoms with E-state index >= 15 is 0 Å². The minimum atomic E-state index is -0.224. The summed E-state index contributed by atoms with van der Waals surface area (Å²) in [6, 6.07) is 16.9. The van der Waals surface area contributed by atoms with Crippen molar-refractivity contribution in [1.29, 1.82) is 0 Å². The first kappa shape index (κ1) is 14.8. The molecule has 0 aliphatic carbocycles. The Morgan fingerprint density at radius 1 is 1.19 bits per heavy atom. The maximum absolute atomic E-state index is 12.3. The molecule has 1 atom stereocenters. The third-order valence-corrected chi connectivity index (χ3v) is 3.13. The Morgan fingerprint density at radius 3 is 2.67 bits per heavy atom. The SMILES string of the molecule is CC(C(=O)Nc1cccc(C#CCO)c1)c1ccccc1. The topological polar surface area (TPSA) is 49.3 Å². The quantitative estimate of drug-likeness (QED) is 0.849. The molecule has 2 aromatic rings.